The van der Waals surface area contributed by atoms with Crippen LogP contribution in [0, 0.1) is 6.92 Å². The number of nitrogens with zero attached hydrogens (tertiary/aromatic N) is 2. The topological polar surface area (TPSA) is 59.1 Å². The molecule has 1 saturated heterocycles. The van der Waals surface area contributed by atoms with Crippen LogP contribution in [0.3, 0.4) is 0 Å². The maximum atomic E-state index is 12.7. The summed E-state index contributed by atoms with van der Waals surface area (Å²) in [6.45, 7) is 6.24. The van der Waals surface area contributed by atoms with Crippen molar-refractivity contribution in [3.63, 3.8) is 0 Å². The quantitative estimate of drug-likeness (QED) is 0.820. The lowest BCUT2D eigenvalue weighted by molar-refractivity contribution is -0.130. The van der Waals surface area contributed by atoms with E-state index in [-0.39, 0.29) is 18.4 Å². The molecule has 0 radical (unpaired) electrons. The van der Waals surface area contributed by atoms with Crippen LogP contribution in [-0.2, 0) is 16.0 Å². The van der Waals surface area contributed by atoms with E-state index in [0.717, 1.165) is 17.5 Å². The van der Waals surface area contributed by atoms with Crippen LogP contribution in [0.2, 0.25) is 5.02 Å². The molecule has 0 N–H and O–H groups in total. The molecule has 2 amide bonds. The van der Waals surface area contributed by atoms with E-state index < -0.39 is 0 Å². The summed E-state index contributed by atoms with van der Waals surface area (Å²) in [4.78, 5) is 28.0. The van der Waals surface area contributed by atoms with Gasteiger partial charge in [0.2, 0.25) is 5.91 Å². The molecule has 0 atom stereocenters. The van der Waals surface area contributed by atoms with Gasteiger partial charge in [0.05, 0.1) is 20.1 Å². The predicted octanol–water partition coefficient (Wildman–Crippen LogP) is 2.89. The highest BCUT2D eigenvalue weighted by Crippen LogP contribution is 2.27. The number of amides is 2. The summed E-state index contributed by atoms with van der Waals surface area (Å²) in [6, 6.07) is 3.63. The van der Waals surface area contributed by atoms with Crippen molar-refractivity contribution in [2.75, 3.05) is 39.9 Å². The maximum Gasteiger partial charge on any atom is 0.409 e. The first-order valence-corrected chi connectivity index (χ1v) is 8.86. The SMILES string of the molecule is CCOC(=O)N1CCCN(C(=O)Cc2cc(Cl)c(C)cc2OC)CC1. The van der Waals surface area contributed by atoms with Crippen molar-refractivity contribution in [1.82, 2.24) is 9.80 Å². The van der Waals surface area contributed by atoms with Gasteiger partial charge < -0.3 is 19.3 Å². The molecule has 1 aliphatic rings. The van der Waals surface area contributed by atoms with E-state index in [2.05, 4.69) is 0 Å². The van der Waals surface area contributed by atoms with Gasteiger partial charge in [-0.25, -0.2) is 4.79 Å². The van der Waals surface area contributed by atoms with Gasteiger partial charge in [0.25, 0.3) is 0 Å². The van der Waals surface area contributed by atoms with Gasteiger partial charge >= 0.3 is 6.09 Å². The van der Waals surface area contributed by atoms with Gasteiger partial charge in [0, 0.05) is 36.8 Å². The van der Waals surface area contributed by atoms with Crippen molar-refractivity contribution >= 4 is 23.6 Å². The molecule has 1 aromatic rings. The van der Waals surface area contributed by atoms with Gasteiger partial charge in [0.15, 0.2) is 0 Å². The van der Waals surface area contributed by atoms with Crippen molar-refractivity contribution in [3.8, 4) is 5.75 Å². The van der Waals surface area contributed by atoms with Crippen LogP contribution in [-0.4, -0.2) is 61.7 Å². The standard InChI is InChI=1S/C18H25ClN2O4/c1-4-25-18(23)21-7-5-6-20(8-9-21)17(22)12-14-11-15(19)13(2)10-16(14)24-3/h10-11H,4-9,12H2,1-3H3. The summed E-state index contributed by atoms with van der Waals surface area (Å²) < 4.78 is 10.4. The number of aryl methyl sites for hydroxylation is 1. The average Bonchev–Trinajstić information content (AvgIpc) is 2.84. The van der Waals surface area contributed by atoms with E-state index >= 15 is 0 Å². The number of methoxy groups -OCH3 is 1. The third-order valence-electron chi connectivity index (χ3n) is 4.28. The largest absolute Gasteiger partial charge is 0.496 e. The first-order valence-electron chi connectivity index (χ1n) is 8.48. The van der Waals surface area contributed by atoms with Crippen molar-refractivity contribution in [2.45, 2.75) is 26.7 Å². The van der Waals surface area contributed by atoms with Crippen LogP contribution < -0.4 is 4.74 Å². The monoisotopic (exact) mass is 368 g/mol. The number of hydrogen-bond acceptors (Lipinski definition) is 4. The van der Waals surface area contributed by atoms with Crippen LogP contribution in [0.15, 0.2) is 12.1 Å². The van der Waals surface area contributed by atoms with Crippen LogP contribution in [0.4, 0.5) is 4.79 Å². The van der Waals surface area contributed by atoms with Crippen molar-refractivity contribution in [2.24, 2.45) is 0 Å². The van der Waals surface area contributed by atoms with Crippen LogP contribution in [0.25, 0.3) is 0 Å². The Morgan fingerprint density at radius 2 is 1.84 bits per heavy atom. The predicted molar refractivity (Wildman–Crippen MR) is 96.2 cm³/mol. The molecule has 1 heterocycles. The minimum Gasteiger partial charge on any atom is -0.496 e. The molecule has 0 spiro atoms. The highest BCUT2D eigenvalue weighted by Gasteiger charge is 2.23. The lowest BCUT2D eigenvalue weighted by Crippen LogP contribution is -2.38. The molecule has 0 aliphatic carbocycles. The zero-order valence-electron chi connectivity index (χ0n) is 15.0. The van der Waals surface area contributed by atoms with Crippen LogP contribution in [0.5, 0.6) is 5.75 Å². The Hall–Kier alpha value is -1.95. The molecular formula is C18H25ClN2O4. The lowest BCUT2D eigenvalue weighted by Gasteiger charge is -2.22. The molecule has 0 unspecified atom stereocenters. The zero-order chi connectivity index (χ0) is 18.4. The number of benzene rings is 1. The molecule has 1 aromatic carbocycles. The fourth-order valence-electron chi connectivity index (χ4n) is 2.86. The van der Waals surface area contributed by atoms with Crippen LogP contribution >= 0.6 is 11.6 Å². The second-order valence-corrected chi connectivity index (χ2v) is 6.42. The Morgan fingerprint density at radius 3 is 2.52 bits per heavy atom. The van der Waals surface area contributed by atoms with E-state index in [1.807, 2.05) is 13.0 Å². The molecule has 1 fully saturated rings. The highest BCUT2D eigenvalue weighted by molar-refractivity contribution is 6.31. The first kappa shape index (κ1) is 19.4. The van der Waals surface area contributed by atoms with Crippen LogP contribution in [0.1, 0.15) is 24.5 Å². The molecule has 6 nitrogen and oxygen atoms in total. The van der Waals surface area contributed by atoms with E-state index in [1.54, 1.807) is 29.9 Å². The summed E-state index contributed by atoms with van der Waals surface area (Å²) in [6.07, 6.45) is 0.641. The van der Waals surface area contributed by atoms with E-state index in [9.17, 15) is 9.59 Å². The number of carbonyl (C=O) groups excluding carboxylic acids is 2. The summed E-state index contributed by atoms with van der Waals surface area (Å²) in [5, 5.41) is 0.618. The normalized spacial score (nSPS) is 14.9. The Labute approximate surface area is 153 Å². The Morgan fingerprint density at radius 1 is 1.16 bits per heavy atom. The summed E-state index contributed by atoms with van der Waals surface area (Å²) in [5.41, 5.74) is 1.68. The molecule has 25 heavy (non-hydrogen) atoms. The maximum absolute atomic E-state index is 12.7. The first-order chi connectivity index (χ1) is 12.0. The smallest absolute Gasteiger partial charge is 0.409 e. The third-order valence-corrected chi connectivity index (χ3v) is 4.69. The molecule has 2 rings (SSSR count). The molecule has 0 bridgehead atoms. The number of ether oxygens (including phenoxy) is 2. The highest BCUT2D eigenvalue weighted by atomic mass is 35.5. The fraction of sp³-hybridized carbons (Fsp3) is 0.556. The summed E-state index contributed by atoms with van der Waals surface area (Å²) >= 11 is 6.18. The summed E-state index contributed by atoms with van der Waals surface area (Å²) in [5.74, 6) is 0.669. The van der Waals surface area contributed by atoms with Gasteiger partial charge in [-0.1, -0.05) is 11.6 Å². The van der Waals surface area contributed by atoms with Crippen molar-refractivity contribution in [3.05, 3.63) is 28.3 Å². The van der Waals surface area contributed by atoms with E-state index in [0.29, 0.717) is 43.6 Å². The zero-order valence-corrected chi connectivity index (χ0v) is 15.8. The van der Waals surface area contributed by atoms with E-state index in [1.165, 1.54) is 0 Å². The molecule has 0 aromatic heterocycles. The van der Waals surface area contributed by atoms with Crippen molar-refractivity contribution in [1.29, 1.82) is 0 Å². The molecule has 1 aliphatic heterocycles. The molecule has 0 saturated carbocycles. The third kappa shape index (κ3) is 5.01. The number of hydrogen-bond donors (Lipinski definition) is 0. The van der Waals surface area contributed by atoms with Gasteiger partial charge in [0.1, 0.15) is 5.75 Å². The minimum absolute atomic E-state index is 0.00364. The number of carbonyl (C=O) groups is 2. The van der Waals surface area contributed by atoms with Gasteiger partial charge in [-0.05, 0) is 38.0 Å². The second kappa shape index (κ2) is 8.94. The Bertz CT molecular complexity index is 636. The van der Waals surface area contributed by atoms with Gasteiger partial charge in [-0.15, -0.1) is 0 Å². The molecular weight excluding hydrogens is 344 g/mol. The molecule has 7 heteroatoms. The van der Waals surface area contributed by atoms with E-state index in [4.69, 9.17) is 21.1 Å². The average molecular weight is 369 g/mol. The fourth-order valence-corrected chi connectivity index (χ4v) is 3.05. The molecule has 138 valence electrons. The lowest BCUT2D eigenvalue weighted by atomic mass is 10.1. The summed E-state index contributed by atoms with van der Waals surface area (Å²) in [7, 11) is 1.58. The van der Waals surface area contributed by atoms with Crippen molar-refractivity contribution < 1.29 is 19.1 Å². The Balaban J connectivity index is 2.02. The minimum atomic E-state index is -0.316. The van der Waals surface area contributed by atoms with Gasteiger partial charge in [-0.3, -0.25) is 4.79 Å². The Kier molecular flexibility index (Phi) is 6.93. The van der Waals surface area contributed by atoms with Gasteiger partial charge in [-0.2, -0.15) is 0 Å². The second-order valence-electron chi connectivity index (χ2n) is 6.01. The number of halogens is 1. The number of rotatable bonds is 4.